The molecule has 0 aliphatic carbocycles. The topological polar surface area (TPSA) is 0 Å². The molecule has 0 saturated carbocycles. The molecular formula is C10H11. The third-order valence-electron chi connectivity index (χ3n) is 1.28. The van der Waals surface area contributed by atoms with E-state index in [1.165, 1.54) is 5.56 Å². The lowest BCUT2D eigenvalue weighted by molar-refractivity contribution is 1.51. The second kappa shape index (κ2) is 3.89. The first-order valence-corrected chi connectivity index (χ1v) is 3.44. The van der Waals surface area contributed by atoms with Crippen LogP contribution in [0.15, 0.2) is 42.5 Å². The Balaban J connectivity index is 2.59. The summed E-state index contributed by atoms with van der Waals surface area (Å²) >= 11 is 0. The Morgan fingerprint density at radius 3 is 2.40 bits per heavy atom. The molecule has 0 fully saturated rings. The monoisotopic (exact) mass is 131 g/mol. The van der Waals surface area contributed by atoms with E-state index in [0.29, 0.717) is 0 Å². The molecule has 0 unspecified atom stereocenters. The van der Waals surface area contributed by atoms with Gasteiger partial charge in [-0.15, -0.1) is 0 Å². The molecular weight excluding hydrogens is 120 g/mol. The van der Waals surface area contributed by atoms with Crippen LogP contribution in [0.1, 0.15) is 12.5 Å². The highest BCUT2D eigenvalue weighted by Gasteiger charge is 1.83. The number of benzene rings is 1. The van der Waals surface area contributed by atoms with Crippen LogP contribution >= 0.6 is 0 Å². The van der Waals surface area contributed by atoms with Crippen LogP contribution in [0.3, 0.4) is 0 Å². The van der Waals surface area contributed by atoms with Crippen molar-refractivity contribution in [3.63, 3.8) is 0 Å². The summed E-state index contributed by atoms with van der Waals surface area (Å²) in [7, 11) is 0. The summed E-state index contributed by atoms with van der Waals surface area (Å²) in [4.78, 5) is 0. The van der Waals surface area contributed by atoms with Gasteiger partial charge in [0, 0.05) is 6.42 Å². The van der Waals surface area contributed by atoms with E-state index in [2.05, 4.69) is 18.6 Å². The van der Waals surface area contributed by atoms with Gasteiger partial charge in [0.15, 0.2) is 0 Å². The summed E-state index contributed by atoms with van der Waals surface area (Å²) in [5.74, 6) is 0. The molecule has 0 aromatic heterocycles. The van der Waals surface area contributed by atoms with E-state index < -0.39 is 0 Å². The first kappa shape index (κ1) is 7.07. The van der Waals surface area contributed by atoms with Crippen molar-refractivity contribution < 1.29 is 0 Å². The Kier molecular flexibility index (Phi) is 2.75. The second-order valence-corrected chi connectivity index (χ2v) is 2.10. The van der Waals surface area contributed by atoms with Gasteiger partial charge < -0.3 is 0 Å². The standard InChI is InChI=1S/C10H11/c1-2-3-7-10-8-5-4-6-9-10/h2-9H,1H3/b3-2+. The van der Waals surface area contributed by atoms with E-state index in [1.54, 1.807) is 0 Å². The van der Waals surface area contributed by atoms with Gasteiger partial charge in [0.2, 0.25) is 0 Å². The van der Waals surface area contributed by atoms with Crippen molar-refractivity contribution in [3.05, 3.63) is 54.5 Å². The minimum Gasteiger partial charge on any atom is -0.0910 e. The third kappa shape index (κ3) is 2.06. The summed E-state index contributed by atoms with van der Waals surface area (Å²) < 4.78 is 0. The van der Waals surface area contributed by atoms with Crippen molar-refractivity contribution in [2.45, 2.75) is 6.92 Å². The molecule has 0 aliphatic rings. The predicted octanol–water partition coefficient (Wildman–Crippen LogP) is 2.82. The van der Waals surface area contributed by atoms with Gasteiger partial charge in [-0.05, 0) is 12.5 Å². The summed E-state index contributed by atoms with van der Waals surface area (Å²) in [5, 5.41) is 0. The van der Waals surface area contributed by atoms with Crippen molar-refractivity contribution in [3.8, 4) is 0 Å². The van der Waals surface area contributed by atoms with Gasteiger partial charge in [0.05, 0.1) is 0 Å². The lowest BCUT2D eigenvalue weighted by atomic mass is 10.1. The summed E-state index contributed by atoms with van der Waals surface area (Å²) in [6.45, 7) is 2.01. The Morgan fingerprint density at radius 1 is 1.10 bits per heavy atom. The molecule has 0 bridgehead atoms. The average Bonchev–Trinajstić information content (AvgIpc) is 2.03. The van der Waals surface area contributed by atoms with E-state index in [0.717, 1.165) is 0 Å². The highest BCUT2D eigenvalue weighted by atomic mass is 13.9. The van der Waals surface area contributed by atoms with Crippen LogP contribution in [0.4, 0.5) is 0 Å². The van der Waals surface area contributed by atoms with Crippen molar-refractivity contribution in [2.75, 3.05) is 0 Å². The van der Waals surface area contributed by atoms with Crippen LogP contribution in [0.2, 0.25) is 0 Å². The van der Waals surface area contributed by atoms with Gasteiger partial charge in [0.1, 0.15) is 0 Å². The highest BCUT2D eigenvalue weighted by molar-refractivity contribution is 5.27. The minimum absolute atomic E-state index is 1.25. The number of allylic oxidation sites excluding steroid dienone is 2. The highest BCUT2D eigenvalue weighted by Crippen LogP contribution is 2.01. The zero-order chi connectivity index (χ0) is 7.23. The molecule has 10 heavy (non-hydrogen) atoms. The smallest absolute Gasteiger partial charge is 0.0121 e. The molecule has 1 aromatic carbocycles. The average molecular weight is 131 g/mol. The molecule has 0 N–H and O–H groups in total. The van der Waals surface area contributed by atoms with Crippen LogP contribution < -0.4 is 0 Å². The van der Waals surface area contributed by atoms with Crippen LogP contribution in [-0.2, 0) is 0 Å². The lowest BCUT2D eigenvalue weighted by Gasteiger charge is -1.91. The number of rotatable bonds is 2. The second-order valence-electron chi connectivity index (χ2n) is 2.10. The molecule has 1 aromatic rings. The van der Waals surface area contributed by atoms with Crippen LogP contribution in [0, 0.1) is 6.42 Å². The lowest BCUT2D eigenvalue weighted by Crippen LogP contribution is -1.73. The molecule has 0 heteroatoms. The fourth-order valence-corrected chi connectivity index (χ4v) is 0.771. The molecule has 0 heterocycles. The van der Waals surface area contributed by atoms with Gasteiger partial charge in [0.25, 0.3) is 0 Å². The molecule has 0 atom stereocenters. The Bertz CT molecular complexity index is 197. The summed E-state index contributed by atoms with van der Waals surface area (Å²) in [6.07, 6.45) is 6.14. The largest absolute Gasteiger partial charge is 0.0910 e. The predicted molar refractivity (Wildman–Crippen MR) is 44.7 cm³/mol. The maximum Gasteiger partial charge on any atom is 0.0121 e. The third-order valence-corrected chi connectivity index (χ3v) is 1.28. The maximum absolute atomic E-state index is 2.08. The molecule has 51 valence electrons. The van der Waals surface area contributed by atoms with Crippen LogP contribution in [-0.4, -0.2) is 0 Å². The summed E-state index contributed by atoms with van der Waals surface area (Å²) in [5.41, 5.74) is 1.25. The van der Waals surface area contributed by atoms with Crippen molar-refractivity contribution >= 4 is 0 Å². The Labute approximate surface area is 62.2 Å². The molecule has 0 aliphatic heterocycles. The summed E-state index contributed by atoms with van der Waals surface area (Å²) in [6, 6.07) is 10.3. The first-order chi connectivity index (χ1) is 4.93. The van der Waals surface area contributed by atoms with Crippen molar-refractivity contribution in [1.29, 1.82) is 0 Å². The Hall–Kier alpha value is -1.04. The fraction of sp³-hybridized carbons (Fsp3) is 0.100. The SMILES string of the molecule is C/C=C/[CH]c1ccccc1. The molecule has 1 rings (SSSR count). The number of hydrogen-bond donors (Lipinski definition) is 0. The van der Waals surface area contributed by atoms with Crippen molar-refractivity contribution in [2.24, 2.45) is 0 Å². The van der Waals surface area contributed by atoms with E-state index in [4.69, 9.17) is 0 Å². The minimum atomic E-state index is 1.25. The molecule has 0 nitrogen and oxygen atoms in total. The quantitative estimate of drug-likeness (QED) is 0.579. The van der Waals surface area contributed by atoms with Crippen LogP contribution in [0.5, 0.6) is 0 Å². The van der Waals surface area contributed by atoms with Gasteiger partial charge in [-0.3, -0.25) is 0 Å². The molecule has 0 spiro atoms. The van der Waals surface area contributed by atoms with Gasteiger partial charge in [-0.1, -0.05) is 42.5 Å². The zero-order valence-corrected chi connectivity index (χ0v) is 6.12. The van der Waals surface area contributed by atoms with Gasteiger partial charge in [-0.25, -0.2) is 0 Å². The molecule has 1 radical (unpaired) electrons. The van der Waals surface area contributed by atoms with E-state index >= 15 is 0 Å². The van der Waals surface area contributed by atoms with E-state index in [9.17, 15) is 0 Å². The Morgan fingerprint density at radius 2 is 1.80 bits per heavy atom. The normalized spacial score (nSPS) is 10.5. The van der Waals surface area contributed by atoms with Gasteiger partial charge >= 0.3 is 0 Å². The molecule has 0 saturated heterocycles. The van der Waals surface area contributed by atoms with Gasteiger partial charge in [-0.2, -0.15) is 0 Å². The first-order valence-electron chi connectivity index (χ1n) is 3.44. The van der Waals surface area contributed by atoms with Crippen LogP contribution in [0.25, 0.3) is 0 Å². The fourth-order valence-electron chi connectivity index (χ4n) is 0.771. The zero-order valence-electron chi connectivity index (χ0n) is 6.12. The van der Waals surface area contributed by atoms with E-state index in [-0.39, 0.29) is 0 Å². The number of hydrogen-bond acceptors (Lipinski definition) is 0. The molecule has 0 amide bonds. The maximum atomic E-state index is 2.08. The van der Waals surface area contributed by atoms with E-state index in [1.807, 2.05) is 37.3 Å². The van der Waals surface area contributed by atoms with Crippen molar-refractivity contribution in [1.82, 2.24) is 0 Å².